The van der Waals surface area contributed by atoms with Crippen molar-refractivity contribution in [3.63, 3.8) is 0 Å². The summed E-state index contributed by atoms with van der Waals surface area (Å²) < 4.78 is 5.14. The van der Waals surface area contributed by atoms with Crippen molar-refractivity contribution >= 4 is 28.3 Å². The van der Waals surface area contributed by atoms with E-state index in [0.717, 1.165) is 17.0 Å². The van der Waals surface area contributed by atoms with Crippen LogP contribution in [-0.2, 0) is 0 Å². The highest BCUT2D eigenvalue weighted by atomic mass is 32.1. The molecule has 0 saturated carbocycles. The lowest BCUT2D eigenvalue weighted by atomic mass is 10.1. The van der Waals surface area contributed by atoms with Gasteiger partial charge >= 0.3 is 5.97 Å². The lowest BCUT2D eigenvalue weighted by molar-refractivity contribution is 0.0692. The molecule has 132 valence electrons. The quantitative estimate of drug-likeness (QED) is 0.741. The van der Waals surface area contributed by atoms with E-state index in [4.69, 9.17) is 4.74 Å². The van der Waals surface area contributed by atoms with Gasteiger partial charge in [0.1, 0.15) is 5.75 Å². The number of hydrogen-bond donors (Lipinski definition) is 1. The summed E-state index contributed by atoms with van der Waals surface area (Å²) in [5, 5.41) is 11.6. The summed E-state index contributed by atoms with van der Waals surface area (Å²) in [7, 11) is 3.18. The van der Waals surface area contributed by atoms with Gasteiger partial charge in [-0.1, -0.05) is 12.1 Å². The summed E-state index contributed by atoms with van der Waals surface area (Å²) in [5.74, 6) is -0.805. The molecule has 0 radical (unpaired) electrons. The number of nitrogens with zero attached hydrogens (tertiary/aromatic N) is 2. The number of amides is 1. The van der Waals surface area contributed by atoms with Gasteiger partial charge in [-0.25, -0.2) is 9.78 Å². The van der Waals surface area contributed by atoms with E-state index in [0.29, 0.717) is 5.13 Å². The zero-order valence-electron chi connectivity index (χ0n) is 14.2. The number of rotatable bonds is 5. The van der Waals surface area contributed by atoms with Gasteiger partial charge in [-0.15, -0.1) is 11.3 Å². The molecule has 0 bridgehead atoms. The molecule has 3 rings (SSSR count). The van der Waals surface area contributed by atoms with Crippen LogP contribution in [0.4, 0.5) is 5.13 Å². The molecule has 1 aromatic heterocycles. The van der Waals surface area contributed by atoms with Crippen molar-refractivity contribution < 1.29 is 19.4 Å². The predicted octanol–water partition coefficient (Wildman–Crippen LogP) is 3.79. The van der Waals surface area contributed by atoms with Crippen LogP contribution in [0.15, 0.2) is 53.9 Å². The second kappa shape index (κ2) is 7.37. The zero-order valence-corrected chi connectivity index (χ0v) is 15.0. The molecule has 0 unspecified atom stereocenters. The Morgan fingerprint density at radius 3 is 2.35 bits per heavy atom. The minimum absolute atomic E-state index is 0.0312. The minimum Gasteiger partial charge on any atom is -0.497 e. The van der Waals surface area contributed by atoms with E-state index in [2.05, 4.69) is 4.98 Å². The van der Waals surface area contributed by atoms with Gasteiger partial charge in [-0.3, -0.25) is 9.69 Å². The maximum Gasteiger partial charge on any atom is 0.336 e. The van der Waals surface area contributed by atoms with Crippen LogP contribution in [0.3, 0.4) is 0 Å². The Labute approximate surface area is 154 Å². The molecule has 1 N–H and O–H groups in total. The fourth-order valence-corrected chi connectivity index (χ4v) is 3.23. The summed E-state index contributed by atoms with van der Waals surface area (Å²) in [6.07, 6.45) is 0. The number of methoxy groups -OCH3 is 1. The first kappa shape index (κ1) is 17.6. The normalized spacial score (nSPS) is 10.4. The molecular formula is C19H16N2O4S. The molecule has 0 fully saturated rings. The third-order valence-corrected chi connectivity index (χ3v) is 4.77. The maximum atomic E-state index is 12.7. The van der Waals surface area contributed by atoms with Crippen molar-refractivity contribution in [2.75, 3.05) is 19.1 Å². The third-order valence-electron chi connectivity index (χ3n) is 3.86. The number of aromatic nitrogens is 1. The summed E-state index contributed by atoms with van der Waals surface area (Å²) in [4.78, 5) is 29.9. The first-order chi connectivity index (χ1) is 12.5. The molecule has 0 spiro atoms. The Hall–Kier alpha value is -3.19. The van der Waals surface area contributed by atoms with Crippen LogP contribution in [0.25, 0.3) is 11.3 Å². The first-order valence-electron chi connectivity index (χ1n) is 7.71. The largest absolute Gasteiger partial charge is 0.497 e. The van der Waals surface area contributed by atoms with Crippen LogP contribution in [0.2, 0.25) is 0 Å². The molecule has 0 saturated heterocycles. The third kappa shape index (κ3) is 3.43. The van der Waals surface area contributed by atoms with Crippen molar-refractivity contribution in [3.05, 3.63) is 65.0 Å². The number of thiazole rings is 1. The summed E-state index contributed by atoms with van der Waals surface area (Å²) in [5.41, 5.74) is 1.74. The molecule has 7 heteroatoms. The van der Waals surface area contributed by atoms with Crippen molar-refractivity contribution in [1.29, 1.82) is 0 Å². The highest BCUT2D eigenvalue weighted by Gasteiger charge is 2.22. The molecule has 3 aromatic rings. The van der Waals surface area contributed by atoms with Crippen molar-refractivity contribution in [2.24, 2.45) is 0 Å². The molecule has 0 aliphatic heterocycles. The molecule has 0 aliphatic carbocycles. The predicted molar refractivity (Wildman–Crippen MR) is 100 cm³/mol. The van der Waals surface area contributed by atoms with Gasteiger partial charge in [0.15, 0.2) is 5.13 Å². The number of hydrogen-bond acceptors (Lipinski definition) is 5. The second-order valence-corrected chi connectivity index (χ2v) is 6.30. The van der Waals surface area contributed by atoms with E-state index < -0.39 is 11.9 Å². The number of anilines is 1. The fourth-order valence-electron chi connectivity index (χ4n) is 2.44. The van der Waals surface area contributed by atoms with Gasteiger partial charge in [-0.2, -0.15) is 0 Å². The zero-order chi connectivity index (χ0) is 18.7. The minimum atomic E-state index is -1.14. The van der Waals surface area contributed by atoms with Crippen LogP contribution in [0.5, 0.6) is 5.75 Å². The molecule has 26 heavy (non-hydrogen) atoms. The Balaban J connectivity index is 1.87. The molecule has 1 amide bonds. The van der Waals surface area contributed by atoms with Crippen LogP contribution < -0.4 is 9.64 Å². The average Bonchev–Trinajstić information content (AvgIpc) is 3.17. The number of carbonyl (C=O) groups is 2. The lowest BCUT2D eigenvalue weighted by Gasteiger charge is -2.15. The number of carbonyl (C=O) groups excluding carboxylic acids is 1. The van der Waals surface area contributed by atoms with E-state index in [9.17, 15) is 14.7 Å². The Kier molecular flexibility index (Phi) is 4.99. The monoisotopic (exact) mass is 368 g/mol. The Bertz CT molecular complexity index is 950. The first-order valence-corrected chi connectivity index (χ1v) is 8.59. The summed E-state index contributed by atoms with van der Waals surface area (Å²) in [6.45, 7) is 0. The highest BCUT2D eigenvalue weighted by Crippen LogP contribution is 2.29. The fraction of sp³-hybridized carbons (Fsp3) is 0.105. The molecule has 1 heterocycles. The van der Waals surface area contributed by atoms with Gasteiger partial charge in [-0.05, 0) is 36.4 Å². The summed E-state index contributed by atoms with van der Waals surface area (Å²) in [6, 6.07) is 13.6. The topological polar surface area (TPSA) is 79.7 Å². The van der Waals surface area contributed by atoms with Gasteiger partial charge < -0.3 is 9.84 Å². The van der Waals surface area contributed by atoms with Crippen molar-refractivity contribution in [2.45, 2.75) is 0 Å². The number of aromatic carboxylic acids is 1. The van der Waals surface area contributed by atoms with E-state index in [-0.39, 0.29) is 11.1 Å². The maximum absolute atomic E-state index is 12.7. The second-order valence-electron chi connectivity index (χ2n) is 5.46. The van der Waals surface area contributed by atoms with Crippen LogP contribution in [-0.4, -0.2) is 36.1 Å². The number of ether oxygens (including phenoxy) is 1. The lowest BCUT2D eigenvalue weighted by Crippen LogP contribution is -2.27. The molecular weight excluding hydrogens is 352 g/mol. The average molecular weight is 368 g/mol. The van der Waals surface area contributed by atoms with Crippen LogP contribution in [0, 0.1) is 0 Å². The van der Waals surface area contributed by atoms with Gasteiger partial charge in [0, 0.05) is 18.0 Å². The smallest absolute Gasteiger partial charge is 0.336 e. The van der Waals surface area contributed by atoms with Crippen LogP contribution in [0.1, 0.15) is 20.7 Å². The standard InChI is InChI=1S/C19H16N2O4S/c1-21(17(22)14-5-3-4-6-15(14)18(23)24)19-20-16(11-26-19)12-7-9-13(25-2)10-8-12/h3-11H,1-2H3,(H,23,24). The van der Waals surface area contributed by atoms with Crippen LogP contribution >= 0.6 is 11.3 Å². The highest BCUT2D eigenvalue weighted by molar-refractivity contribution is 7.14. The molecule has 0 aliphatic rings. The van der Waals surface area contributed by atoms with Crippen molar-refractivity contribution in [3.8, 4) is 17.0 Å². The van der Waals surface area contributed by atoms with E-state index in [1.54, 1.807) is 26.3 Å². The number of carboxylic acids is 1. The van der Waals surface area contributed by atoms with Gasteiger partial charge in [0.05, 0.1) is 23.9 Å². The number of carboxylic acid groups (broad SMARTS) is 1. The van der Waals surface area contributed by atoms with E-state index in [1.165, 1.54) is 28.4 Å². The Morgan fingerprint density at radius 1 is 1.08 bits per heavy atom. The van der Waals surface area contributed by atoms with Crippen molar-refractivity contribution in [1.82, 2.24) is 4.98 Å². The molecule has 0 atom stereocenters. The Morgan fingerprint density at radius 2 is 1.73 bits per heavy atom. The van der Waals surface area contributed by atoms with E-state index >= 15 is 0 Å². The molecule has 6 nitrogen and oxygen atoms in total. The molecule has 2 aromatic carbocycles. The SMILES string of the molecule is COc1ccc(-c2csc(N(C)C(=O)c3ccccc3C(=O)O)n2)cc1. The summed E-state index contributed by atoms with van der Waals surface area (Å²) >= 11 is 1.31. The van der Waals surface area contributed by atoms with Gasteiger partial charge in [0.2, 0.25) is 0 Å². The number of benzene rings is 2. The van der Waals surface area contributed by atoms with Gasteiger partial charge in [0.25, 0.3) is 5.91 Å². The van der Waals surface area contributed by atoms with E-state index in [1.807, 2.05) is 29.6 Å².